The van der Waals surface area contributed by atoms with Crippen LogP contribution in [0, 0.1) is 18.3 Å². The van der Waals surface area contributed by atoms with Crippen LogP contribution in [-0.4, -0.2) is 9.13 Å². The van der Waals surface area contributed by atoms with Gasteiger partial charge in [0, 0.05) is 42.7 Å². The second-order valence-electron chi connectivity index (χ2n) is 11.0. The van der Waals surface area contributed by atoms with Crippen molar-refractivity contribution >= 4 is 75.1 Å². The molecule has 4 heteroatoms. The van der Waals surface area contributed by atoms with Crippen LogP contribution in [0.25, 0.3) is 75.2 Å². The second kappa shape index (κ2) is 8.57. The minimum Gasteiger partial charge on any atom is -0.308 e. The molecule has 0 amide bonds. The summed E-state index contributed by atoms with van der Waals surface area (Å²) in [6.07, 6.45) is 0. The molecular weight excluding hydrogens is 531 g/mol. The van der Waals surface area contributed by atoms with Gasteiger partial charge in [-0.15, -0.1) is 11.3 Å². The molecule has 0 bridgehead atoms. The number of aryl methyl sites for hydroxylation is 1. The standard InChI is InChI=1S/C38H23N3S/c1-23-16-19-36-31(20-23)29-12-7-15-35(38(29)42-36)41-33-14-5-3-10-27(33)30-21-25(17-18-34(30)41)40-32-13-4-2-9-26(32)28-11-6-8-24(22-39)37(28)40/h2-21H,1H3. The lowest BCUT2D eigenvalue weighted by Crippen LogP contribution is -1.97. The molecule has 0 atom stereocenters. The third-order valence-electron chi connectivity index (χ3n) is 8.60. The SMILES string of the molecule is Cc1ccc2sc3c(-n4c5ccccc5c5cc(-n6c7ccccc7c7cccc(C#N)c76)ccc54)cccc3c2c1. The summed E-state index contributed by atoms with van der Waals surface area (Å²) < 4.78 is 7.28. The number of fused-ring (bicyclic) bond motifs is 9. The normalized spacial score (nSPS) is 11.9. The number of thiophene rings is 1. The number of hydrogen-bond acceptors (Lipinski definition) is 2. The van der Waals surface area contributed by atoms with E-state index in [2.05, 4.69) is 131 Å². The lowest BCUT2D eigenvalue weighted by molar-refractivity contribution is 1.17. The Hall–Kier alpha value is -5.37. The first-order valence-electron chi connectivity index (χ1n) is 14.1. The molecule has 0 unspecified atom stereocenters. The Morgan fingerprint density at radius 2 is 1.26 bits per heavy atom. The Kier molecular flexibility index (Phi) is 4.76. The molecule has 0 saturated heterocycles. The van der Waals surface area contributed by atoms with E-state index in [1.807, 2.05) is 23.5 Å². The van der Waals surface area contributed by atoms with Crippen LogP contribution >= 0.6 is 11.3 Å². The van der Waals surface area contributed by atoms with Crippen molar-refractivity contribution in [1.29, 1.82) is 5.26 Å². The summed E-state index contributed by atoms with van der Waals surface area (Å²) in [5.74, 6) is 0. The Bertz CT molecular complexity index is 2600. The molecule has 0 radical (unpaired) electrons. The first-order valence-corrected chi connectivity index (χ1v) is 14.9. The zero-order valence-corrected chi connectivity index (χ0v) is 23.6. The fourth-order valence-corrected chi connectivity index (χ4v) is 8.00. The summed E-state index contributed by atoms with van der Waals surface area (Å²) in [5.41, 5.74) is 8.62. The summed E-state index contributed by atoms with van der Waals surface area (Å²) in [5, 5.41) is 17.3. The lowest BCUT2D eigenvalue weighted by Gasteiger charge is -2.11. The smallest absolute Gasteiger partial charge is 0.101 e. The van der Waals surface area contributed by atoms with Gasteiger partial charge in [0.1, 0.15) is 6.07 Å². The maximum atomic E-state index is 10.1. The Balaban J connectivity index is 1.38. The van der Waals surface area contributed by atoms with Crippen LogP contribution in [0.4, 0.5) is 0 Å². The van der Waals surface area contributed by atoms with Crippen molar-refractivity contribution in [3.05, 3.63) is 132 Å². The number of rotatable bonds is 2. The Labute approximate surface area is 245 Å². The van der Waals surface area contributed by atoms with Crippen LogP contribution in [0.2, 0.25) is 0 Å². The topological polar surface area (TPSA) is 33.6 Å². The third-order valence-corrected chi connectivity index (χ3v) is 9.81. The van der Waals surface area contributed by atoms with E-state index in [1.54, 1.807) is 0 Å². The highest BCUT2D eigenvalue weighted by Crippen LogP contribution is 2.42. The molecule has 0 N–H and O–H groups in total. The largest absolute Gasteiger partial charge is 0.308 e. The van der Waals surface area contributed by atoms with Gasteiger partial charge in [-0.25, -0.2) is 0 Å². The molecule has 0 saturated carbocycles. The Morgan fingerprint density at radius 3 is 2.10 bits per heavy atom. The molecule has 0 aliphatic heterocycles. The van der Waals surface area contributed by atoms with Gasteiger partial charge in [0.25, 0.3) is 0 Å². The average Bonchev–Trinajstić information content (AvgIpc) is 3.68. The molecule has 9 aromatic rings. The summed E-state index contributed by atoms with van der Waals surface area (Å²) in [4.78, 5) is 0. The maximum Gasteiger partial charge on any atom is 0.101 e. The van der Waals surface area contributed by atoms with E-state index in [9.17, 15) is 5.26 Å². The highest BCUT2D eigenvalue weighted by molar-refractivity contribution is 7.26. The quantitative estimate of drug-likeness (QED) is 0.210. The van der Waals surface area contributed by atoms with Gasteiger partial charge in [0.15, 0.2) is 0 Å². The fraction of sp³-hybridized carbons (Fsp3) is 0.0263. The molecule has 6 aromatic carbocycles. The molecule has 0 spiro atoms. The van der Waals surface area contributed by atoms with E-state index < -0.39 is 0 Å². The van der Waals surface area contributed by atoms with E-state index in [4.69, 9.17) is 0 Å². The molecule has 0 aliphatic carbocycles. The van der Waals surface area contributed by atoms with Crippen molar-refractivity contribution in [3.8, 4) is 17.4 Å². The van der Waals surface area contributed by atoms with Crippen LogP contribution in [0.3, 0.4) is 0 Å². The van der Waals surface area contributed by atoms with E-state index in [0.717, 1.165) is 27.5 Å². The molecule has 196 valence electrons. The molecule has 3 nitrogen and oxygen atoms in total. The molecule has 3 heterocycles. The second-order valence-corrected chi connectivity index (χ2v) is 12.0. The van der Waals surface area contributed by atoms with E-state index >= 15 is 0 Å². The van der Waals surface area contributed by atoms with Crippen molar-refractivity contribution in [2.45, 2.75) is 6.92 Å². The number of hydrogen-bond donors (Lipinski definition) is 0. The van der Waals surface area contributed by atoms with Crippen molar-refractivity contribution < 1.29 is 0 Å². The monoisotopic (exact) mass is 553 g/mol. The number of para-hydroxylation sites is 3. The van der Waals surface area contributed by atoms with Crippen LogP contribution in [0.5, 0.6) is 0 Å². The number of nitriles is 1. The van der Waals surface area contributed by atoms with Gasteiger partial charge in [0.05, 0.1) is 38.0 Å². The summed E-state index contributed by atoms with van der Waals surface area (Å²) in [7, 11) is 0. The average molecular weight is 554 g/mol. The first-order chi connectivity index (χ1) is 20.7. The van der Waals surface area contributed by atoms with Gasteiger partial charge in [0.2, 0.25) is 0 Å². The van der Waals surface area contributed by atoms with Crippen LogP contribution < -0.4 is 0 Å². The van der Waals surface area contributed by atoms with Gasteiger partial charge in [-0.05, 0) is 61.5 Å². The highest BCUT2D eigenvalue weighted by Gasteiger charge is 2.19. The van der Waals surface area contributed by atoms with Crippen LogP contribution in [0.1, 0.15) is 11.1 Å². The molecular formula is C38H23N3S. The van der Waals surface area contributed by atoms with E-state index in [1.165, 1.54) is 53.2 Å². The van der Waals surface area contributed by atoms with Gasteiger partial charge < -0.3 is 9.13 Å². The predicted octanol–water partition coefficient (Wildman–Crippen LogP) is 10.4. The molecule has 42 heavy (non-hydrogen) atoms. The zero-order chi connectivity index (χ0) is 27.9. The molecule has 9 rings (SSSR count). The van der Waals surface area contributed by atoms with Gasteiger partial charge >= 0.3 is 0 Å². The molecule has 0 fully saturated rings. The van der Waals surface area contributed by atoms with Crippen molar-refractivity contribution in [2.75, 3.05) is 0 Å². The summed E-state index contributed by atoms with van der Waals surface area (Å²) >= 11 is 1.86. The molecule has 3 aromatic heterocycles. The number of nitrogens with zero attached hydrogens (tertiary/aromatic N) is 3. The first kappa shape index (κ1) is 23.3. The maximum absolute atomic E-state index is 10.1. The van der Waals surface area contributed by atoms with Gasteiger partial charge in [-0.3, -0.25) is 0 Å². The van der Waals surface area contributed by atoms with Gasteiger partial charge in [-0.2, -0.15) is 5.26 Å². The van der Waals surface area contributed by atoms with E-state index in [-0.39, 0.29) is 0 Å². The van der Waals surface area contributed by atoms with Gasteiger partial charge in [-0.1, -0.05) is 72.3 Å². The third kappa shape index (κ3) is 3.09. The lowest BCUT2D eigenvalue weighted by atomic mass is 10.1. The minimum absolute atomic E-state index is 0.679. The fourth-order valence-electron chi connectivity index (χ4n) is 6.81. The van der Waals surface area contributed by atoms with Crippen LogP contribution in [-0.2, 0) is 0 Å². The zero-order valence-electron chi connectivity index (χ0n) is 22.8. The molecule has 0 aliphatic rings. The summed E-state index contributed by atoms with van der Waals surface area (Å²) in [6.45, 7) is 2.16. The number of aromatic nitrogens is 2. The number of benzene rings is 6. The Morgan fingerprint density at radius 1 is 0.571 bits per heavy atom. The minimum atomic E-state index is 0.679. The van der Waals surface area contributed by atoms with Crippen molar-refractivity contribution in [3.63, 3.8) is 0 Å². The van der Waals surface area contributed by atoms with Crippen molar-refractivity contribution in [2.24, 2.45) is 0 Å². The summed E-state index contributed by atoms with van der Waals surface area (Å²) in [6, 6.07) is 45.7. The predicted molar refractivity (Wildman–Crippen MR) is 177 cm³/mol. The van der Waals surface area contributed by atoms with Crippen molar-refractivity contribution in [1.82, 2.24) is 9.13 Å². The van der Waals surface area contributed by atoms with Crippen LogP contribution in [0.15, 0.2) is 121 Å². The van der Waals surface area contributed by atoms with E-state index in [0.29, 0.717) is 5.56 Å². The highest BCUT2D eigenvalue weighted by atomic mass is 32.1.